The van der Waals surface area contributed by atoms with Crippen LogP contribution in [0.15, 0.2) is 15.9 Å². The van der Waals surface area contributed by atoms with Crippen LogP contribution in [0.3, 0.4) is 0 Å². The summed E-state index contributed by atoms with van der Waals surface area (Å²) in [6.45, 7) is 0. The first kappa shape index (κ1) is 6.91. The van der Waals surface area contributed by atoms with Gasteiger partial charge in [-0.05, 0) is 6.08 Å². The van der Waals surface area contributed by atoms with Crippen LogP contribution in [-0.4, -0.2) is 10.4 Å². The molecule has 0 aromatic carbocycles. The second kappa shape index (κ2) is 2.98. The third kappa shape index (κ3) is 1.89. The first-order valence-corrected chi connectivity index (χ1v) is 2.68. The second-order valence-corrected chi connectivity index (χ2v) is 1.89. The zero-order valence-corrected chi connectivity index (χ0v) is 5.31. The Labute approximate surface area is 51.4 Å². The Morgan fingerprint density at radius 3 is 2.43 bits per heavy atom. The lowest BCUT2D eigenvalue weighted by Gasteiger charge is -1.65. The van der Waals surface area contributed by atoms with Crippen molar-refractivity contribution in [1.29, 1.82) is 0 Å². The van der Waals surface area contributed by atoms with Crippen LogP contribution in [0.5, 0.6) is 0 Å². The van der Waals surface area contributed by atoms with Crippen LogP contribution in [-0.2, 0) is 11.0 Å². The first-order valence-electron chi connectivity index (χ1n) is 1.51. The first-order chi connectivity index (χ1) is 2.89. The molecule has 0 aromatic heterocycles. The lowest BCUT2D eigenvalue weighted by atomic mass is 10.7. The van der Waals surface area contributed by atoms with Gasteiger partial charge in [-0.2, -0.15) is 17.9 Å². The third-order valence-electron chi connectivity index (χ3n) is 0.446. The SMILES string of the molecule is O=S1C=CC=N1.S. The van der Waals surface area contributed by atoms with Crippen LogP contribution in [0.4, 0.5) is 0 Å². The summed E-state index contributed by atoms with van der Waals surface area (Å²) in [5, 5.41) is 1.53. The normalized spacial score (nSPS) is 24.9. The van der Waals surface area contributed by atoms with E-state index in [0.717, 1.165) is 0 Å². The van der Waals surface area contributed by atoms with E-state index in [0.29, 0.717) is 0 Å². The van der Waals surface area contributed by atoms with Gasteiger partial charge in [-0.25, -0.2) is 4.21 Å². The molecule has 1 unspecified atom stereocenters. The number of rotatable bonds is 0. The molecule has 2 nitrogen and oxygen atoms in total. The van der Waals surface area contributed by atoms with E-state index in [1.165, 1.54) is 11.6 Å². The number of allylic oxidation sites excluding steroid dienone is 1. The summed E-state index contributed by atoms with van der Waals surface area (Å²) < 4.78 is 13.5. The van der Waals surface area contributed by atoms with Crippen molar-refractivity contribution < 1.29 is 4.21 Å². The predicted molar refractivity (Wildman–Crippen MR) is 36.2 cm³/mol. The Hall–Kier alpha value is -0.0900. The van der Waals surface area contributed by atoms with E-state index in [2.05, 4.69) is 4.40 Å². The fourth-order valence-electron chi connectivity index (χ4n) is 0.233. The van der Waals surface area contributed by atoms with Crippen LogP contribution in [0, 0.1) is 0 Å². The zero-order valence-electron chi connectivity index (χ0n) is 3.50. The molecule has 1 aliphatic rings. The minimum atomic E-state index is -1.03. The van der Waals surface area contributed by atoms with Crippen molar-refractivity contribution in [2.75, 3.05) is 0 Å². The summed E-state index contributed by atoms with van der Waals surface area (Å²) in [5.74, 6) is 0. The van der Waals surface area contributed by atoms with Crippen LogP contribution < -0.4 is 0 Å². The maximum atomic E-state index is 10.1. The van der Waals surface area contributed by atoms with Crippen molar-refractivity contribution in [2.45, 2.75) is 0 Å². The van der Waals surface area contributed by atoms with Gasteiger partial charge in [0, 0.05) is 11.6 Å². The lowest BCUT2D eigenvalue weighted by Crippen LogP contribution is -1.64. The minimum Gasteiger partial charge on any atom is -0.230 e. The van der Waals surface area contributed by atoms with Gasteiger partial charge in [-0.1, -0.05) is 0 Å². The van der Waals surface area contributed by atoms with Crippen molar-refractivity contribution >= 4 is 30.7 Å². The van der Waals surface area contributed by atoms with Crippen LogP contribution in [0.2, 0.25) is 0 Å². The summed E-state index contributed by atoms with van der Waals surface area (Å²) in [7, 11) is -1.03. The fraction of sp³-hybridized carbons (Fsp3) is 0. The number of hydrogen-bond acceptors (Lipinski definition) is 1. The predicted octanol–water partition coefficient (Wildman–Crippen LogP) is 0.361. The molecular weight excluding hydrogens is 130 g/mol. The van der Waals surface area contributed by atoms with Gasteiger partial charge in [0.2, 0.25) is 0 Å². The standard InChI is InChI=1S/C3H3NOS.H2S/c5-6-3-1-2-4-6;/h1-3H;1H2. The van der Waals surface area contributed by atoms with Gasteiger partial charge >= 0.3 is 0 Å². The summed E-state index contributed by atoms with van der Waals surface area (Å²) in [5.41, 5.74) is 0. The average Bonchev–Trinajstić information content (AvgIpc) is 1.86. The fourth-order valence-corrected chi connectivity index (χ4v) is 0.698. The van der Waals surface area contributed by atoms with Crippen molar-refractivity contribution in [2.24, 2.45) is 4.40 Å². The molecule has 40 valence electrons. The molecule has 0 aliphatic carbocycles. The maximum absolute atomic E-state index is 10.1. The molecule has 1 aliphatic heterocycles. The highest BCUT2D eigenvalue weighted by molar-refractivity contribution is 7.87. The average molecular weight is 135 g/mol. The van der Waals surface area contributed by atoms with Gasteiger partial charge in [0.05, 0.1) is 0 Å². The number of nitrogens with zero attached hydrogens (tertiary/aromatic N) is 1. The Bertz CT molecular complexity index is 115. The molecule has 0 amide bonds. The van der Waals surface area contributed by atoms with Gasteiger partial charge in [0.15, 0.2) is 11.0 Å². The smallest absolute Gasteiger partial charge is 0.165 e. The van der Waals surface area contributed by atoms with Gasteiger partial charge in [-0.15, -0.1) is 0 Å². The topological polar surface area (TPSA) is 29.4 Å². The van der Waals surface area contributed by atoms with Gasteiger partial charge in [0.1, 0.15) is 0 Å². The molecular formula is C3H5NOS2. The molecule has 0 N–H and O–H groups in total. The highest BCUT2D eigenvalue weighted by atomic mass is 32.2. The third-order valence-corrected chi connectivity index (χ3v) is 1.17. The summed E-state index contributed by atoms with van der Waals surface area (Å²) in [4.78, 5) is 0. The van der Waals surface area contributed by atoms with Crippen molar-refractivity contribution in [3.05, 3.63) is 11.5 Å². The van der Waals surface area contributed by atoms with E-state index < -0.39 is 11.0 Å². The number of hydrogen-bond donors (Lipinski definition) is 0. The molecule has 0 saturated heterocycles. The molecule has 0 saturated carbocycles. The summed E-state index contributed by atoms with van der Waals surface area (Å²) in [6.07, 6.45) is 3.19. The van der Waals surface area contributed by atoms with E-state index in [1.807, 2.05) is 0 Å². The van der Waals surface area contributed by atoms with E-state index in [-0.39, 0.29) is 13.5 Å². The zero-order chi connectivity index (χ0) is 4.41. The van der Waals surface area contributed by atoms with Gasteiger partial charge in [-0.3, -0.25) is 0 Å². The highest BCUT2D eigenvalue weighted by Crippen LogP contribution is 1.90. The Balaban J connectivity index is 0.000000360. The molecule has 0 spiro atoms. The Morgan fingerprint density at radius 2 is 2.29 bits per heavy atom. The van der Waals surface area contributed by atoms with Crippen molar-refractivity contribution in [3.8, 4) is 0 Å². The highest BCUT2D eigenvalue weighted by Gasteiger charge is 1.87. The van der Waals surface area contributed by atoms with Gasteiger partial charge < -0.3 is 0 Å². The second-order valence-electron chi connectivity index (χ2n) is 0.859. The molecule has 0 bridgehead atoms. The largest absolute Gasteiger partial charge is 0.230 e. The molecule has 0 aromatic rings. The maximum Gasteiger partial charge on any atom is 0.165 e. The summed E-state index contributed by atoms with van der Waals surface area (Å²) in [6, 6.07) is 0. The Morgan fingerprint density at radius 1 is 1.57 bits per heavy atom. The van der Waals surface area contributed by atoms with Crippen LogP contribution >= 0.6 is 13.5 Å². The quantitative estimate of drug-likeness (QED) is 0.471. The van der Waals surface area contributed by atoms with Crippen LogP contribution in [0.25, 0.3) is 0 Å². The molecule has 4 heteroatoms. The molecule has 0 fully saturated rings. The van der Waals surface area contributed by atoms with Crippen molar-refractivity contribution in [3.63, 3.8) is 0 Å². The molecule has 7 heavy (non-hydrogen) atoms. The van der Waals surface area contributed by atoms with E-state index in [9.17, 15) is 4.21 Å². The molecule has 0 radical (unpaired) electrons. The molecule has 1 rings (SSSR count). The minimum absolute atomic E-state index is 0. The lowest BCUT2D eigenvalue weighted by molar-refractivity contribution is 0.690. The van der Waals surface area contributed by atoms with E-state index in [1.54, 1.807) is 6.08 Å². The van der Waals surface area contributed by atoms with E-state index in [4.69, 9.17) is 0 Å². The Kier molecular flexibility index (Phi) is 2.95. The van der Waals surface area contributed by atoms with Crippen LogP contribution in [0.1, 0.15) is 0 Å². The van der Waals surface area contributed by atoms with E-state index >= 15 is 0 Å². The van der Waals surface area contributed by atoms with Gasteiger partial charge in [0.25, 0.3) is 0 Å². The molecule has 1 atom stereocenters. The summed E-state index contributed by atoms with van der Waals surface area (Å²) >= 11 is 0. The van der Waals surface area contributed by atoms with Crippen molar-refractivity contribution in [1.82, 2.24) is 0 Å². The monoisotopic (exact) mass is 135 g/mol. The molecule has 1 heterocycles.